The lowest BCUT2D eigenvalue weighted by atomic mass is 10.1. The molecule has 1 unspecified atom stereocenters. The van der Waals surface area contributed by atoms with Crippen LogP contribution in [0.25, 0.3) is 0 Å². The largest absolute Gasteiger partial charge is 0.483 e. The van der Waals surface area contributed by atoms with Crippen LogP contribution in [0.4, 0.5) is 4.39 Å². The second-order valence-electron chi connectivity index (χ2n) is 4.09. The highest BCUT2D eigenvalue weighted by Gasteiger charge is 2.15. The van der Waals surface area contributed by atoms with Gasteiger partial charge in [-0.1, -0.05) is 39.7 Å². The smallest absolute Gasteiger partial charge is 0.145 e. The van der Waals surface area contributed by atoms with Gasteiger partial charge in [0.15, 0.2) is 0 Å². The van der Waals surface area contributed by atoms with Gasteiger partial charge in [0.05, 0.1) is 9.50 Å². The maximum absolute atomic E-state index is 13.5. The molecule has 2 aromatic carbocycles. The van der Waals surface area contributed by atoms with Crippen LogP contribution in [0.1, 0.15) is 11.7 Å². The van der Waals surface area contributed by atoms with Crippen LogP contribution in [0.3, 0.4) is 0 Å². The summed E-state index contributed by atoms with van der Waals surface area (Å²) in [7, 11) is 0. The number of hydrogen-bond acceptors (Lipinski definition) is 2. The highest BCUT2D eigenvalue weighted by Crippen LogP contribution is 2.33. The fourth-order valence-corrected chi connectivity index (χ4v) is 2.67. The van der Waals surface area contributed by atoms with Gasteiger partial charge in [0.2, 0.25) is 0 Å². The van der Waals surface area contributed by atoms with E-state index in [-0.39, 0.29) is 17.7 Å². The van der Waals surface area contributed by atoms with Crippen LogP contribution in [0.5, 0.6) is 5.75 Å². The van der Waals surface area contributed by atoms with Crippen LogP contribution in [0, 0.1) is 5.82 Å². The molecule has 2 nitrogen and oxygen atoms in total. The van der Waals surface area contributed by atoms with Crippen LogP contribution >= 0.6 is 43.5 Å². The zero-order chi connectivity index (χ0) is 14.7. The number of rotatable bonds is 4. The summed E-state index contributed by atoms with van der Waals surface area (Å²) in [5.41, 5.74) is 6.65. The zero-order valence-electron chi connectivity index (χ0n) is 10.2. The van der Waals surface area contributed by atoms with E-state index in [9.17, 15) is 4.39 Å². The summed E-state index contributed by atoms with van der Waals surface area (Å²) in [6.45, 7) is 0.276. The van der Waals surface area contributed by atoms with Crippen molar-refractivity contribution >= 4 is 43.5 Å². The Kier molecular flexibility index (Phi) is 5.43. The predicted molar refractivity (Wildman–Crippen MR) is 85.7 cm³/mol. The first-order chi connectivity index (χ1) is 9.51. The summed E-state index contributed by atoms with van der Waals surface area (Å²) in [6.07, 6.45) is -0.361. The number of nitrogens with two attached hydrogens (primary N) is 1. The standard InChI is InChI=1S/C14H11Br2ClFNO/c15-9-3-1-8(2-4-9)14(7-19)20-13-6-12(18)11(17)5-10(13)16/h1-6,14H,7,19H2. The Morgan fingerprint density at radius 2 is 1.85 bits per heavy atom. The third-order valence-corrected chi connectivity index (χ3v) is 4.14. The molecule has 20 heavy (non-hydrogen) atoms. The molecule has 6 heteroatoms. The fourth-order valence-electron chi connectivity index (χ4n) is 1.68. The van der Waals surface area contributed by atoms with E-state index in [1.807, 2.05) is 24.3 Å². The van der Waals surface area contributed by atoms with Crippen molar-refractivity contribution in [2.75, 3.05) is 6.54 Å². The van der Waals surface area contributed by atoms with E-state index >= 15 is 0 Å². The molecule has 0 bridgehead atoms. The van der Waals surface area contributed by atoms with Gasteiger partial charge in [0.1, 0.15) is 17.7 Å². The Labute approximate surface area is 138 Å². The zero-order valence-corrected chi connectivity index (χ0v) is 14.2. The molecule has 0 saturated carbocycles. The lowest BCUT2D eigenvalue weighted by Crippen LogP contribution is -2.18. The summed E-state index contributed by atoms with van der Waals surface area (Å²) in [5.74, 6) is -0.165. The minimum absolute atomic E-state index is 0.0390. The van der Waals surface area contributed by atoms with Gasteiger partial charge in [0, 0.05) is 17.1 Å². The highest BCUT2D eigenvalue weighted by molar-refractivity contribution is 9.10. The molecular formula is C14H11Br2ClFNO. The summed E-state index contributed by atoms with van der Waals surface area (Å²) < 4.78 is 20.8. The second-order valence-corrected chi connectivity index (χ2v) is 6.27. The summed E-state index contributed by atoms with van der Waals surface area (Å²) in [5, 5.41) is 0.0390. The average Bonchev–Trinajstić information content (AvgIpc) is 2.42. The highest BCUT2D eigenvalue weighted by atomic mass is 79.9. The summed E-state index contributed by atoms with van der Waals surface area (Å²) in [6, 6.07) is 10.3. The third kappa shape index (κ3) is 3.73. The number of benzene rings is 2. The van der Waals surface area contributed by atoms with E-state index < -0.39 is 5.82 Å². The van der Waals surface area contributed by atoms with Gasteiger partial charge in [-0.25, -0.2) is 4.39 Å². The molecule has 0 spiro atoms. The van der Waals surface area contributed by atoms with Crippen molar-refractivity contribution in [3.8, 4) is 5.75 Å². The van der Waals surface area contributed by atoms with Crippen LogP contribution in [-0.2, 0) is 0 Å². The topological polar surface area (TPSA) is 35.2 Å². The quantitative estimate of drug-likeness (QED) is 0.696. The molecule has 0 aliphatic rings. The number of hydrogen-bond donors (Lipinski definition) is 1. The minimum atomic E-state index is -0.531. The molecule has 2 rings (SSSR count). The van der Waals surface area contributed by atoms with Gasteiger partial charge < -0.3 is 10.5 Å². The summed E-state index contributed by atoms with van der Waals surface area (Å²) >= 11 is 12.4. The molecule has 0 aliphatic carbocycles. The van der Waals surface area contributed by atoms with Crippen LogP contribution in [0.2, 0.25) is 5.02 Å². The molecule has 2 aromatic rings. The molecule has 0 radical (unpaired) electrons. The Balaban J connectivity index is 2.26. The van der Waals surface area contributed by atoms with E-state index in [4.69, 9.17) is 22.1 Å². The van der Waals surface area contributed by atoms with Crippen LogP contribution in [-0.4, -0.2) is 6.54 Å². The van der Waals surface area contributed by atoms with Crippen molar-refractivity contribution in [2.45, 2.75) is 6.10 Å². The molecule has 0 heterocycles. The van der Waals surface area contributed by atoms with E-state index in [2.05, 4.69) is 31.9 Å². The van der Waals surface area contributed by atoms with Crippen molar-refractivity contribution in [2.24, 2.45) is 5.73 Å². The SMILES string of the molecule is NCC(Oc1cc(F)c(Cl)cc1Br)c1ccc(Br)cc1. The lowest BCUT2D eigenvalue weighted by molar-refractivity contribution is 0.212. The lowest BCUT2D eigenvalue weighted by Gasteiger charge is -2.19. The predicted octanol–water partition coefficient (Wildman–Crippen LogP) is 5.08. The minimum Gasteiger partial charge on any atom is -0.483 e. The van der Waals surface area contributed by atoms with Crippen molar-refractivity contribution in [3.63, 3.8) is 0 Å². The Bertz CT molecular complexity index is 607. The van der Waals surface area contributed by atoms with Gasteiger partial charge in [-0.3, -0.25) is 0 Å². The van der Waals surface area contributed by atoms with E-state index in [1.165, 1.54) is 12.1 Å². The van der Waals surface area contributed by atoms with Crippen molar-refractivity contribution in [3.05, 3.63) is 61.7 Å². The maximum Gasteiger partial charge on any atom is 0.145 e. The molecule has 2 N–H and O–H groups in total. The third-order valence-electron chi connectivity index (χ3n) is 2.70. The molecule has 0 aromatic heterocycles. The Hall–Kier alpha value is -0.620. The normalized spacial score (nSPS) is 12.2. The van der Waals surface area contributed by atoms with Gasteiger partial charge in [-0.15, -0.1) is 0 Å². The van der Waals surface area contributed by atoms with Crippen LogP contribution < -0.4 is 10.5 Å². The molecular weight excluding hydrogens is 412 g/mol. The molecule has 0 saturated heterocycles. The number of ether oxygens (including phenoxy) is 1. The fraction of sp³-hybridized carbons (Fsp3) is 0.143. The molecule has 0 fully saturated rings. The Morgan fingerprint density at radius 1 is 1.20 bits per heavy atom. The average molecular weight is 424 g/mol. The molecule has 0 amide bonds. The molecule has 106 valence electrons. The van der Waals surface area contributed by atoms with Crippen molar-refractivity contribution in [1.29, 1.82) is 0 Å². The first kappa shape index (κ1) is 15.8. The molecule has 0 aliphatic heterocycles. The van der Waals surface area contributed by atoms with E-state index in [0.717, 1.165) is 10.0 Å². The van der Waals surface area contributed by atoms with Gasteiger partial charge in [-0.2, -0.15) is 0 Å². The van der Waals surface area contributed by atoms with Crippen molar-refractivity contribution in [1.82, 2.24) is 0 Å². The first-order valence-electron chi connectivity index (χ1n) is 5.78. The van der Waals surface area contributed by atoms with E-state index in [0.29, 0.717) is 10.2 Å². The first-order valence-corrected chi connectivity index (χ1v) is 7.74. The monoisotopic (exact) mass is 421 g/mol. The Morgan fingerprint density at radius 3 is 2.45 bits per heavy atom. The van der Waals surface area contributed by atoms with Gasteiger partial charge >= 0.3 is 0 Å². The summed E-state index contributed by atoms with van der Waals surface area (Å²) in [4.78, 5) is 0. The maximum atomic E-state index is 13.5. The number of halogens is 4. The van der Waals surface area contributed by atoms with Crippen molar-refractivity contribution < 1.29 is 9.13 Å². The van der Waals surface area contributed by atoms with Gasteiger partial charge in [-0.05, 0) is 39.7 Å². The van der Waals surface area contributed by atoms with E-state index in [1.54, 1.807) is 0 Å². The van der Waals surface area contributed by atoms with Crippen LogP contribution in [0.15, 0.2) is 45.3 Å². The molecule has 1 atom stereocenters. The van der Waals surface area contributed by atoms with Gasteiger partial charge in [0.25, 0.3) is 0 Å². The second kappa shape index (κ2) is 6.89.